The highest BCUT2D eigenvalue weighted by Crippen LogP contribution is 2.13. The normalized spacial score (nSPS) is 10.8. The van der Waals surface area contributed by atoms with Gasteiger partial charge in [0.05, 0.1) is 18.3 Å². The molecule has 4 nitrogen and oxygen atoms in total. The largest absolute Gasteiger partial charge is 0.478 e. The fourth-order valence-electron chi connectivity index (χ4n) is 1.75. The summed E-state index contributed by atoms with van der Waals surface area (Å²) in [6.07, 6.45) is 3.85. The van der Waals surface area contributed by atoms with Crippen LogP contribution < -0.4 is 0 Å². The highest BCUT2D eigenvalue weighted by atomic mass is 16.4. The lowest BCUT2D eigenvalue weighted by molar-refractivity contribution is 0.0696. The Morgan fingerprint density at radius 2 is 2.22 bits per heavy atom. The van der Waals surface area contributed by atoms with Crippen LogP contribution in [-0.2, 0) is 6.54 Å². The lowest BCUT2D eigenvalue weighted by Crippen LogP contribution is -2.02. The van der Waals surface area contributed by atoms with Crippen LogP contribution in [0.15, 0.2) is 36.7 Å². The topological polar surface area (TPSA) is 55.1 Å². The molecule has 0 bridgehead atoms. The molecule has 94 valence electrons. The van der Waals surface area contributed by atoms with Crippen molar-refractivity contribution < 1.29 is 9.90 Å². The van der Waals surface area contributed by atoms with E-state index in [1.54, 1.807) is 18.2 Å². The molecule has 1 heterocycles. The van der Waals surface area contributed by atoms with Crippen molar-refractivity contribution in [2.75, 3.05) is 0 Å². The smallest absolute Gasteiger partial charge is 0.335 e. The third-order valence-corrected chi connectivity index (χ3v) is 2.84. The number of aromatic nitrogens is 2. The van der Waals surface area contributed by atoms with Gasteiger partial charge in [-0.2, -0.15) is 5.10 Å². The molecule has 0 amide bonds. The van der Waals surface area contributed by atoms with Crippen molar-refractivity contribution in [1.82, 2.24) is 9.78 Å². The Morgan fingerprint density at radius 3 is 2.83 bits per heavy atom. The van der Waals surface area contributed by atoms with Gasteiger partial charge in [-0.3, -0.25) is 4.68 Å². The second kappa shape index (κ2) is 5.04. The molecule has 1 aromatic heterocycles. The molecule has 1 N–H and O–H groups in total. The number of nitrogens with zero attached hydrogens (tertiary/aromatic N) is 2. The van der Waals surface area contributed by atoms with Gasteiger partial charge in [0.15, 0.2) is 0 Å². The zero-order chi connectivity index (χ0) is 13.1. The zero-order valence-electron chi connectivity index (χ0n) is 10.5. The van der Waals surface area contributed by atoms with E-state index in [2.05, 4.69) is 18.9 Å². The minimum Gasteiger partial charge on any atom is -0.478 e. The Bertz CT molecular complexity index is 558. The Balaban J connectivity index is 2.17. The third-order valence-electron chi connectivity index (χ3n) is 2.84. The SMILES string of the molecule is CC(C)c1cnn(Cc2cccc(C(=O)O)c2)c1. The summed E-state index contributed by atoms with van der Waals surface area (Å²) >= 11 is 0. The summed E-state index contributed by atoms with van der Waals surface area (Å²) in [7, 11) is 0. The van der Waals surface area contributed by atoms with Crippen molar-refractivity contribution in [3.63, 3.8) is 0 Å². The number of benzene rings is 1. The first-order chi connectivity index (χ1) is 8.56. The summed E-state index contributed by atoms with van der Waals surface area (Å²) in [5.74, 6) is -0.454. The number of carbonyl (C=O) groups is 1. The molecule has 1 aromatic carbocycles. The maximum Gasteiger partial charge on any atom is 0.335 e. The van der Waals surface area contributed by atoms with Crippen molar-refractivity contribution in [2.24, 2.45) is 0 Å². The molecular formula is C14H16N2O2. The van der Waals surface area contributed by atoms with Crippen molar-refractivity contribution in [3.8, 4) is 0 Å². The first-order valence-electron chi connectivity index (χ1n) is 5.91. The predicted octanol–water partition coefficient (Wildman–Crippen LogP) is 2.75. The van der Waals surface area contributed by atoms with E-state index in [0.717, 1.165) is 5.56 Å². The summed E-state index contributed by atoms with van der Waals surface area (Å²) in [5.41, 5.74) is 2.43. The van der Waals surface area contributed by atoms with Crippen LogP contribution in [0.25, 0.3) is 0 Å². The van der Waals surface area contributed by atoms with Crippen LogP contribution in [0, 0.1) is 0 Å². The van der Waals surface area contributed by atoms with Gasteiger partial charge in [-0.1, -0.05) is 26.0 Å². The van der Waals surface area contributed by atoms with Crippen molar-refractivity contribution in [3.05, 3.63) is 53.3 Å². The van der Waals surface area contributed by atoms with E-state index >= 15 is 0 Å². The third kappa shape index (κ3) is 2.77. The molecule has 0 atom stereocenters. The summed E-state index contributed by atoms with van der Waals surface area (Å²) in [4.78, 5) is 10.9. The van der Waals surface area contributed by atoms with Crippen LogP contribution in [0.2, 0.25) is 0 Å². The molecular weight excluding hydrogens is 228 g/mol. The predicted molar refractivity (Wildman–Crippen MR) is 68.8 cm³/mol. The molecule has 0 fully saturated rings. The van der Waals surface area contributed by atoms with E-state index < -0.39 is 5.97 Å². The molecule has 0 saturated heterocycles. The Morgan fingerprint density at radius 1 is 1.44 bits per heavy atom. The molecule has 0 aliphatic rings. The van der Waals surface area contributed by atoms with Gasteiger partial charge in [0.2, 0.25) is 0 Å². The molecule has 0 unspecified atom stereocenters. The van der Waals surface area contributed by atoms with Gasteiger partial charge in [-0.15, -0.1) is 0 Å². The summed E-state index contributed by atoms with van der Waals surface area (Å²) in [6.45, 7) is 4.83. The monoisotopic (exact) mass is 244 g/mol. The van der Waals surface area contributed by atoms with Crippen LogP contribution in [0.1, 0.15) is 41.3 Å². The number of carboxylic acids is 1. The fraction of sp³-hybridized carbons (Fsp3) is 0.286. The second-order valence-corrected chi connectivity index (χ2v) is 4.63. The molecule has 0 spiro atoms. The maximum atomic E-state index is 10.9. The van der Waals surface area contributed by atoms with Gasteiger partial charge in [0.1, 0.15) is 0 Å². The lowest BCUT2D eigenvalue weighted by Gasteiger charge is -2.03. The lowest BCUT2D eigenvalue weighted by atomic mass is 10.1. The van der Waals surface area contributed by atoms with Crippen molar-refractivity contribution in [2.45, 2.75) is 26.3 Å². The quantitative estimate of drug-likeness (QED) is 0.899. The average Bonchev–Trinajstić information content (AvgIpc) is 2.78. The van der Waals surface area contributed by atoms with E-state index in [1.165, 1.54) is 5.56 Å². The van der Waals surface area contributed by atoms with Gasteiger partial charge in [0, 0.05) is 6.20 Å². The molecule has 4 heteroatoms. The minimum absolute atomic E-state index is 0.309. The fourth-order valence-corrected chi connectivity index (χ4v) is 1.75. The van der Waals surface area contributed by atoms with E-state index in [4.69, 9.17) is 5.11 Å². The van der Waals surface area contributed by atoms with Gasteiger partial charge in [-0.05, 0) is 29.2 Å². The van der Waals surface area contributed by atoms with E-state index in [-0.39, 0.29) is 0 Å². The molecule has 0 aliphatic heterocycles. The molecule has 18 heavy (non-hydrogen) atoms. The molecule has 2 rings (SSSR count). The first kappa shape index (κ1) is 12.4. The summed E-state index contributed by atoms with van der Waals surface area (Å²) in [5, 5.41) is 13.2. The minimum atomic E-state index is -0.903. The Labute approximate surface area is 106 Å². The van der Waals surface area contributed by atoms with E-state index in [0.29, 0.717) is 18.0 Å². The maximum absolute atomic E-state index is 10.9. The summed E-state index contributed by atoms with van der Waals surface area (Å²) in [6, 6.07) is 6.93. The second-order valence-electron chi connectivity index (χ2n) is 4.63. The van der Waals surface area contributed by atoms with E-state index in [1.807, 2.05) is 23.1 Å². The van der Waals surface area contributed by atoms with Crippen LogP contribution >= 0.6 is 0 Å². The zero-order valence-corrected chi connectivity index (χ0v) is 10.5. The number of hydrogen-bond acceptors (Lipinski definition) is 2. The molecule has 0 saturated carbocycles. The van der Waals surface area contributed by atoms with Gasteiger partial charge >= 0.3 is 5.97 Å². The number of aromatic carboxylic acids is 1. The Kier molecular flexibility index (Phi) is 3.46. The van der Waals surface area contributed by atoms with Gasteiger partial charge in [-0.25, -0.2) is 4.79 Å². The van der Waals surface area contributed by atoms with Gasteiger partial charge in [0.25, 0.3) is 0 Å². The van der Waals surface area contributed by atoms with Crippen molar-refractivity contribution in [1.29, 1.82) is 0 Å². The molecule has 0 aliphatic carbocycles. The van der Waals surface area contributed by atoms with Crippen LogP contribution in [-0.4, -0.2) is 20.9 Å². The average molecular weight is 244 g/mol. The number of hydrogen-bond donors (Lipinski definition) is 1. The van der Waals surface area contributed by atoms with Crippen LogP contribution in [0.3, 0.4) is 0 Å². The molecule has 2 aromatic rings. The van der Waals surface area contributed by atoms with Crippen LogP contribution in [0.5, 0.6) is 0 Å². The Hall–Kier alpha value is -2.10. The molecule has 0 radical (unpaired) electrons. The highest BCUT2D eigenvalue weighted by molar-refractivity contribution is 5.87. The van der Waals surface area contributed by atoms with Crippen LogP contribution in [0.4, 0.5) is 0 Å². The van der Waals surface area contributed by atoms with E-state index in [9.17, 15) is 4.79 Å². The number of carboxylic acid groups (broad SMARTS) is 1. The number of rotatable bonds is 4. The van der Waals surface area contributed by atoms with Crippen molar-refractivity contribution >= 4 is 5.97 Å². The summed E-state index contributed by atoms with van der Waals surface area (Å²) < 4.78 is 1.83. The highest BCUT2D eigenvalue weighted by Gasteiger charge is 2.06. The first-order valence-corrected chi connectivity index (χ1v) is 5.91. The van der Waals surface area contributed by atoms with Gasteiger partial charge < -0.3 is 5.11 Å². The standard InChI is InChI=1S/C14H16N2O2/c1-10(2)13-7-15-16(9-13)8-11-4-3-5-12(6-11)14(17)18/h3-7,9-10H,8H2,1-2H3,(H,17,18).